The number of hydrogen-bond donors (Lipinski definition) is 0. The molecule has 0 fully saturated rings. The maximum atomic E-state index is 12.9. The highest BCUT2D eigenvalue weighted by Crippen LogP contribution is 2.23. The SMILES string of the molecule is CC(Br)C(C)Cc1cc(F)ccc1Cl. The topological polar surface area (TPSA) is 0 Å². The highest BCUT2D eigenvalue weighted by atomic mass is 79.9. The summed E-state index contributed by atoms with van der Waals surface area (Å²) in [5.74, 6) is 0.216. The van der Waals surface area contributed by atoms with E-state index in [4.69, 9.17) is 11.6 Å². The summed E-state index contributed by atoms with van der Waals surface area (Å²) in [6.07, 6.45) is 0.795. The molecule has 78 valence electrons. The normalized spacial score (nSPS) is 15.2. The number of benzene rings is 1. The standard InChI is InChI=1S/C11H13BrClF/c1-7(8(2)12)5-9-6-10(14)3-4-11(9)13/h3-4,6-8H,5H2,1-2H3. The molecule has 14 heavy (non-hydrogen) atoms. The molecular formula is C11H13BrClF. The third-order valence-corrected chi connectivity index (χ3v) is 3.60. The fourth-order valence-electron chi connectivity index (χ4n) is 1.21. The molecule has 1 rings (SSSR count). The van der Waals surface area contributed by atoms with Crippen molar-refractivity contribution in [2.24, 2.45) is 5.92 Å². The third-order valence-electron chi connectivity index (χ3n) is 2.33. The minimum absolute atomic E-state index is 0.223. The zero-order chi connectivity index (χ0) is 10.7. The van der Waals surface area contributed by atoms with E-state index in [0.717, 1.165) is 12.0 Å². The lowest BCUT2D eigenvalue weighted by Gasteiger charge is -2.14. The van der Waals surface area contributed by atoms with E-state index in [1.54, 1.807) is 6.07 Å². The molecule has 0 spiro atoms. The molecule has 1 aromatic rings. The molecule has 0 bridgehead atoms. The Hall–Kier alpha value is -0.0800. The molecule has 2 atom stereocenters. The van der Waals surface area contributed by atoms with Gasteiger partial charge in [-0.3, -0.25) is 0 Å². The van der Waals surface area contributed by atoms with Gasteiger partial charge in [0.1, 0.15) is 5.82 Å². The summed E-state index contributed by atoms with van der Waals surface area (Å²) in [6, 6.07) is 4.50. The van der Waals surface area contributed by atoms with Crippen molar-refractivity contribution in [2.45, 2.75) is 25.1 Å². The minimum Gasteiger partial charge on any atom is -0.207 e. The summed E-state index contributed by atoms with van der Waals surface area (Å²) in [4.78, 5) is 0.404. The van der Waals surface area contributed by atoms with Gasteiger partial charge >= 0.3 is 0 Å². The second kappa shape index (κ2) is 5.13. The first-order valence-corrected chi connectivity index (χ1v) is 5.88. The maximum absolute atomic E-state index is 12.9. The van der Waals surface area contributed by atoms with E-state index in [-0.39, 0.29) is 5.82 Å². The van der Waals surface area contributed by atoms with E-state index < -0.39 is 0 Å². The van der Waals surface area contributed by atoms with E-state index in [0.29, 0.717) is 15.8 Å². The van der Waals surface area contributed by atoms with Crippen LogP contribution in [0, 0.1) is 11.7 Å². The lowest BCUT2D eigenvalue weighted by molar-refractivity contribution is 0.574. The van der Waals surface area contributed by atoms with Crippen molar-refractivity contribution >= 4 is 27.5 Å². The molecule has 0 amide bonds. The quantitative estimate of drug-likeness (QED) is 0.718. The third kappa shape index (κ3) is 3.25. The molecule has 1 aromatic carbocycles. The van der Waals surface area contributed by atoms with Crippen LogP contribution in [0.15, 0.2) is 18.2 Å². The summed E-state index contributed by atoms with van der Waals surface area (Å²) >= 11 is 9.47. The molecule has 0 nitrogen and oxygen atoms in total. The predicted molar refractivity (Wildman–Crippen MR) is 62.7 cm³/mol. The summed E-state index contributed by atoms with van der Waals surface area (Å²) in [7, 11) is 0. The summed E-state index contributed by atoms with van der Waals surface area (Å²) in [5, 5.41) is 0.645. The number of halogens is 3. The molecule has 0 aliphatic heterocycles. The van der Waals surface area contributed by atoms with Gasteiger partial charge in [-0.05, 0) is 36.1 Å². The first kappa shape index (κ1) is 12.0. The molecule has 0 aromatic heterocycles. The average Bonchev–Trinajstić information content (AvgIpc) is 2.11. The summed E-state index contributed by atoms with van der Waals surface area (Å²) in [6.45, 7) is 4.19. The molecule has 3 heteroatoms. The van der Waals surface area contributed by atoms with E-state index >= 15 is 0 Å². The number of hydrogen-bond acceptors (Lipinski definition) is 0. The van der Waals surface area contributed by atoms with Gasteiger partial charge in [0.25, 0.3) is 0 Å². The van der Waals surface area contributed by atoms with Crippen LogP contribution >= 0.6 is 27.5 Å². The Morgan fingerprint density at radius 1 is 1.43 bits per heavy atom. The Balaban J connectivity index is 2.80. The van der Waals surface area contributed by atoms with Gasteiger partial charge in [-0.2, -0.15) is 0 Å². The molecular weight excluding hydrogens is 266 g/mol. The fraction of sp³-hybridized carbons (Fsp3) is 0.455. The maximum Gasteiger partial charge on any atom is 0.123 e. The second-order valence-corrected chi connectivity index (χ2v) is 5.45. The van der Waals surface area contributed by atoms with Crippen molar-refractivity contribution in [3.8, 4) is 0 Å². The van der Waals surface area contributed by atoms with Crippen LogP contribution in [-0.4, -0.2) is 4.83 Å². The zero-order valence-corrected chi connectivity index (χ0v) is 10.6. The van der Waals surface area contributed by atoms with Crippen LogP contribution in [0.3, 0.4) is 0 Å². The van der Waals surface area contributed by atoms with Gasteiger partial charge in [0, 0.05) is 9.85 Å². The molecule has 0 N–H and O–H groups in total. The summed E-state index contributed by atoms with van der Waals surface area (Å²) < 4.78 is 12.9. The van der Waals surface area contributed by atoms with Crippen molar-refractivity contribution < 1.29 is 4.39 Å². The zero-order valence-electron chi connectivity index (χ0n) is 8.23. The van der Waals surface area contributed by atoms with Crippen LogP contribution in [-0.2, 0) is 6.42 Å². The Bertz CT molecular complexity index is 312. The highest BCUT2D eigenvalue weighted by Gasteiger charge is 2.12. The van der Waals surface area contributed by atoms with Crippen molar-refractivity contribution in [1.29, 1.82) is 0 Å². The average molecular weight is 280 g/mol. The monoisotopic (exact) mass is 278 g/mol. The first-order chi connectivity index (χ1) is 6.50. The predicted octanol–water partition coefficient (Wildman–Crippen LogP) is 4.44. The minimum atomic E-state index is -0.223. The molecule has 0 aliphatic carbocycles. The van der Waals surface area contributed by atoms with Crippen LogP contribution in [0.1, 0.15) is 19.4 Å². The Morgan fingerprint density at radius 2 is 2.07 bits per heavy atom. The summed E-state index contributed by atoms with van der Waals surface area (Å²) in [5.41, 5.74) is 0.880. The van der Waals surface area contributed by atoms with E-state index in [2.05, 4.69) is 29.8 Å². The largest absolute Gasteiger partial charge is 0.207 e. The second-order valence-electron chi connectivity index (χ2n) is 3.59. The van der Waals surface area contributed by atoms with Crippen LogP contribution in [0.2, 0.25) is 5.02 Å². The van der Waals surface area contributed by atoms with Gasteiger partial charge in [-0.15, -0.1) is 0 Å². The van der Waals surface area contributed by atoms with Gasteiger partial charge in [-0.25, -0.2) is 4.39 Å². The van der Waals surface area contributed by atoms with Gasteiger partial charge in [0.15, 0.2) is 0 Å². The van der Waals surface area contributed by atoms with Gasteiger partial charge in [-0.1, -0.05) is 41.4 Å². The lowest BCUT2D eigenvalue weighted by Crippen LogP contribution is -2.10. The molecule has 0 aliphatic rings. The molecule has 0 saturated heterocycles. The Kier molecular flexibility index (Phi) is 4.39. The van der Waals surface area contributed by atoms with Crippen molar-refractivity contribution in [3.05, 3.63) is 34.6 Å². The fourth-order valence-corrected chi connectivity index (χ4v) is 1.59. The van der Waals surface area contributed by atoms with Crippen LogP contribution in [0.5, 0.6) is 0 Å². The van der Waals surface area contributed by atoms with Gasteiger partial charge in [0.2, 0.25) is 0 Å². The van der Waals surface area contributed by atoms with Crippen molar-refractivity contribution in [2.75, 3.05) is 0 Å². The number of alkyl halides is 1. The van der Waals surface area contributed by atoms with Gasteiger partial charge < -0.3 is 0 Å². The molecule has 0 radical (unpaired) electrons. The van der Waals surface area contributed by atoms with E-state index in [1.807, 2.05) is 0 Å². The Morgan fingerprint density at radius 3 is 2.64 bits per heavy atom. The van der Waals surface area contributed by atoms with Crippen molar-refractivity contribution in [1.82, 2.24) is 0 Å². The van der Waals surface area contributed by atoms with E-state index in [1.165, 1.54) is 12.1 Å². The molecule has 0 saturated carbocycles. The first-order valence-electron chi connectivity index (χ1n) is 4.58. The lowest BCUT2D eigenvalue weighted by atomic mass is 9.99. The van der Waals surface area contributed by atoms with Crippen LogP contribution in [0.25, 0.3) is 0 Å². The highest BCUT2D eigenvalue weighted by molar-refractivity contribution is 9.09. The van der Waals surface area contributed by atoms with E-state index in [9.17, 15) is 4.39 Å². The van der Waals surface area contributed by atoms with Crippen LogP contribution in [0.4, 0.5) is 4.39 Å². The molecule has 0 heterocycles. The smallest absolute Gasteiger partial charge is 0.123 e. The molecule has 2 unspecified atom stereocenters. The van der Waals surface area contributed by atoms with Gasteiger partial charge in [0.05, 0.1) is 0 Å². The van der Waals surface area contributed by atoms with Crippen molar-refractivity contribution in [3.63, 3.8) is 0 Å². The van der Waals surface area contributed by atoms with Crippen LogP contribution < -0.4 is 0 Å². The Labute approximate surface area is 97.6 Å². The number of rotatable bonds is 3.